The van der Waals surface area contributed by atoms with Crippen molar-refractivity contribution in [1.29, 1.82) is 0 Å². The number of hydrogen-bond donors (Lipinski definition) is 1. The minimum absolute atomic E-state index is 0.371. The zero-order valence-electron chi connectivity index (χ0n) is 6.02. The second-order valence-electron chi connectivity index (χ2n) is 1.56. The van der Waals surface area contributed by atoms with E-state index in [0.29, 0.717) is 19.6 Å². The van der Waals surface area contributed by atoms with Crippen LogP contribution >= 0.6 is 0 Å². The van der Waals surface area contributed by atoms with E-state index in [1.165, 1.54) is 0 Å². The van der Waals surface area contributed by atoms with Crippen molar-refractivity contribution >= 4 is 5.97 Å². The first kappa shape index (κ1) is 8.99. The van der Waals surface area contributed by atoms with Crippen molar-refractivity contribution in [2.45, 2.75) is 13.3 Å². The third kappa shape index (κ3) is 5.13. The summed E-state index contributed by atoms with van der Waals surface area (Å²) >= 11 is 0. The Kier molecular flexibility index (Phi) is 5.50. The summed E-state index contributed by atoms with van der Waals surface area (Å²) in [4.78, 5) is 10.5. The Morgan fingerprint density at radius 3 is 2.90 bits per heavy atom. The summed E-state index contributed by atoms with van der Waals surface area (Å²) in [5.41, 5.74) is 5.13. The predicted molar refractivity (Wildman–Crippen MR) is 38.1 cm³/mol. The Morgan fingerprint density at radius 1 is 1.70 bits per heavy atom. The van der Waals surface area contributed by atoms with E-state index in [9.17, 15) is 4.79 Å². The summed E-state index contributed by atoms with van der Waals surface area (Å²) in [6.07, 6.45) is 0.540. The summed E-state index contributed by atoms with van der Waals surface area (Å²) < 4.78 is 4.54. The Labute approximate surface area is 60.5 Å². The van der Waals surface area contributed by atoms with Crippen LogP contribution in [0.2, 0.25) is 0 Å². The van der Waals surface area contributed by atoms with Crippen molar-refractivity contribution in [2.75, 3.05) is 13.2 Å². The third-order valence-corrected chi connectivity index (χ3v) is 0.735. The van der Waals surface area contributed by atoms with Crippen molar-refractivity contribution in [2.24, 2.45) is 5.73 Å². The molecule has 2 N–H and O–H groups in total. The molecule has 3 nitrogen and oxygen atoms in total. The fourth-order valence-corrected chi connectivity index (χ4v) is 0.374. The van der Waals surface area contributed by atoms with Gasteiger partial charge >= 0.3 is 5.97 Å². The van der Waals surface area contributed by atoms with Crippen LogP contribution in [0.3, 0.4) is 0 Å². The molecule has 0 fully saturated rings. The van der Waals surface area contributed by atoms with E-state index in [4.69, 9.17) is 5.73 Å². The molecule has 0 saturated heterocycles. The minimum Gasteiger partial charge on any atom is -0.456 e. The summed E-state index contributed by atoms with van der Waals surface area (Å²) in [7, 11) is 0. The van der Waals surface area contributed by atoms with Crippen LogP contribution in [0.5, 0.6) is 0 Å². The highest BCUT2D eigenvalue weighted by Gasteiger charge is 1.90. The fourth-order valence-electron chi connectivity index (χ4n) is 0.374. The number of rotatable bonds is 2. The number of esters is 1. The molecule has 0 aliphatic carbocycles. The molecule has 0 saturated carbocycles. The lowest BCUT2D eigenvalue weighted by Crippen LogP contribution is -2.00. The van der Waals surface area contributed by atoms with Gasteiger partial charge in [-0.05, 0) is 6.92 Å². The highest BCUT2D eigenvalue weighted by Crippen LogP contribution is 1.74. The molecule has 0 aromatic rings. The van der Waals surface area contributed by atoms with E-state index in [0.717, 1.165) is 0 Å². The topological polar surface area (TPSA) is 52.3 Å². The van der Waals surface area contributed by atoms with Gasteiger partial charge in [-0.3, -0.25) is 0 Å². The molecular formula is C7H11NO2. The van der Waals surface area contributed by atoms with Gasteiger partial charge in [0.15, 0.2) is 0 Å². The molecule has 0 radical (unpaired) electrons. The van der Waals surface area contributed by atoms with Crippen LogP contribution in [0.1, 0.15) is 13.3 Å². The van der Waals surface area contributed by atoms with Gasteiger partial charge in [0.1, 0.15) is 0 Å². The Morgan fingerprint density at radius 2 is 2.40 bits per heavy atom. The van der Waals surface area contributed by atoms with Crippen LogP contribution in [0.15, 0.2) is 0 Å². The molecule has 0 amide bonds. The zero-order chi connectivity index (χ0) is 7.82. The van der Waals surface area contributed by atoms with Gasteiger partial charge in [0.2, 0.25) is 0 Å². The molecule has 10 heavy (non-hydrogen) atoms. The number of hydrogen-bond acceptors (Lipinski definition) is 3. The monoisotopic (exact) mass is 141 g/mol. The summed E-state index contributed by atoms with van der Waals surface area (Å²) in [6, 6.07) is 0. The molecule has 0 aromatic heterocycles. The molecule has 0 aliphatic rings. The summed E-state index contributed by atoms with van der Waals surface area (Å²) in [5, 5.41) is 0. The van der Waals surface area contributed by atoms with Crippen LogP contribution in [0.25, 0.3) is 0 Å². The average Bonchev–Trinajstić information content (AvgIpc) is 1.89. The number of carbonyl (C=O) groups excluding carboxylic acids is 1. The van der Waals surface area contributed by atoms with Gasteiger partial charge in [0.05, 0.1) is 6.61 Å². The van der Waals surface area contributed by atoms with E-state index < -0.39 is 5.97 Å². The van der Waals surface area contributed by atoms with Gasteiger partial charge in [0, 0.05) is 18.9 Å². The van der Waals surface area contributed by atoms with E-state index in [1.54, 1.807) is 6.92 Å². The van der Waals surface area contributed by atoms with Crippen LogP contribution in [-0.2, 0) is 9.53 Å². The first-order valence-electron chi connectivity index (χ1n) is 3.17. The molecule has 0 aromatic carbocycles. The third-order valence-electron chi connectivity index (χ3n) is 0.735. The minimum atomic E-state index is -0.476. The maximum atomic E-state index is 10.5. The molecule has 0 bridgehead atoms. The Hall–Kier alpha value is -1.01. The fraction of sp³-hybridized carbons (Fsp3) is 0.571. The highest BCUT2D eigenvalue weighted by molar-refractivity contribution is 5.88. The first-order chi connectivity index (χ1) is 4.81. The zero-order valence-corrected chi connectivity index (χ0v) is 6.02. The van der Waals surface area contributed by atoms with Gasteiger partial charge in [-0.1, -0.05) is 5.92 Å². The average molecular weight is 141 g/mol. The number of nitrogens with two attached hydrogens (primary N) is 1. The van der Waals surface area contributed by atoms with E-state index in [1.807, 2.05) is 0 Å². The van der Waals surface area contributed by atoms with Gasteiger partial charge in [-0.2, -0.15) is 0 Å². The van der Waals surface area contributed by atoms with E-state index in [-0.39, 0.29) is 0 Å². The molecule has 0 unspecified atom stereocenters. The van der Waals surface area contributed by atoms with Crippen molar-refractivity contribution in [3.8, 4) is 11.8 Å². The van der Waals surface area contributed by atoms with Crippen molar-refractivity contribution in [3.05, 3.63) is 0 Å². The van der Waals surface area contributed by atoms with E-state index in [2.05, 4.69) is 16.6 Å². The maximum absolute atomic E-state index is 10.5. The summed E-state index contributed by atoms with van der Waals surface area (Å²) in [5.74, 6) is 4.39. The normalized spacial score (nSPS) is 7.80. The molecule has 0 spiro atoms. The van der Waals surface area contributed by atoms with Gasteiger partial charge in [-0.25, -0.2) is 4.79 Å². The van der Waals surface area contributed by atoms with Crippen molar-refractivity contribution in [3.63, 3.8) is 0 Å². The molecule has 0 atom stereocenters. The molecular weight excluding hydrogens is 130 g/mol. The van der Waals surface area contributed by atoms with Gasteiger partial charge < -0.3 is 10.5 Å². The lowest BCUT2D eigenvalue weighted by molar-refractivity contribution is -0.136. The van der Waals surface area contributed by atoms with Gasteiger partial charge in [0.25, 0.3) is 0 Å². The van der Waals surface area contributed by atoms with Gasteiger partial charge in [-0.15, -0.1) is 0 Å². The number of carbonyl (C=O) groups is 1. The van der Waals surface area contributed by atoms with Crippen LogP contribution in [0.4, 0.5) is 0 Å². The van der Waals surface area contributed by atoms with Crippen LogP contribution in [0, 0.1) is 11.8 Å². The smallest absolute Gasteiger partial charge is 0.384 e. The predicted octanol–water partition coefficient (Wildman–Crippen LogP) is -0.0983. The highest BCUT2D eigenvalue weighted by atomic mass is 16.5. The largest absolute Gasteiger partial charge is 0.456 e. The quantitative estimate of drug-likeness (QED) is 0.332. The second kappa shape index (κ2) is 6.12. The van der Waals surface area contributed by atoms with Crippen LogP contribution < -0.4 is 5.73 Å². The molecule has 0 rings (SSSR count). The molecule has 56 valence electrons. The van der Waals surface area contributed by atoms with Crippen molar-refractivity contribution in [1.82, 2.24) is 0 Å². The lowest BCUT2D eigenvalue weighted by Gasteiger charge is -1.90. The standard InChI is InChI=1S/C7H11NO2/c1-2-10-7(9)5-3-4-6-8/h2,4,6,8H2,1H3. The second-order valence-corrected chi connectivity index (χ2v) is 1.56. The Bertz CT molecular complexity index is 155. The lowest BCUT2D eigenvalue weighted by atomic mass is 10.4. The summed E-state index contributed by atoms with van der Waals surface area (Å²) in [6.45, 7) is 2.59. The van der Waals surface area contributed by atoms with E-state index >= 15 is 0 Å². The SMILES string of the molecule is CCOC(=O)C#CCCN. The van der Waals surface area contributed by atoms with Crippen LogP contribution in [-0.4, -0.2) is 19.1 Å². The molecule has 0 heterocycles. The Balaban J connectivity index is 3.48. The van der Waals surface area contributed by atoms with Crippen molar-refractivity contribution < 1.29 is 9.53 Å². The molecule has 3 heteroatoms. The maximum Gasteiger partial charge on any atom is 0.384 e. The first-order valence-corrected chi connectivity index (χ1v) is 3.17. The molecule has 0 aliphatic heterocycles. The number of ether oxygens (including phenoxy) is 1.